The van der Waals surface area contributed by atoms with E-state index in [4.69, 9.17) is 0 Å². The maximum Gasteiger partial charge on any atom is 0.459 e. The van der Waals surface area contributed by atoms with Crippen molar-refractivity contribution in [2.75, 3.05) is 0 Å². The van der Waals surface area contributed by atoms with Crippen LogP contribution in [0.1, 0.15) is 0 Å². The molecule has 0 nitrogen and oxygen atoms in total. The van der Waals surface area contributed by atoms with E-state index in [9.17, 15) is 52.7 Å². The van der Waals surface area contributed by atoms with Gasteiger partial charge in [-0.3, -0.25) is 0 Å². The van der Waals surface area contributed by atoms with Gasteiger partial charge in [0.2, 0.25) is 6.17 Å². The highest BCUT2D eigenvalue weighted by Crippen LogP contribution is 2.52. The SMILES string of the molecule is FC(F)C(F)(F)C(F)C(F)(F)C(F)(F)C(F)(F)F. The van der Waals surface area contributed by atoms with Gasteiger partial charge in [-0.2, -0.15) is 39.5 Å². The molecule has 0 spiro atoms. The van der Waals surface area contributed by atoms with Crippen molar-refractivity contribution in [2.45, 2.75) is 36.5 Å². The summed E-state index contributed by atoms with van der Waals surface area (Å²) in [5.41, 5.74) is 0. The highest BCUT2D eigenvalue weighted by atomic mass is 19.4. The Balaban J connectivity index is 5.54. The molecule has 0 rings (SSSR count). The summed E-state index contributed by atoms with van der Waals surface area (Å²) in [6, 6.07) is 0. The number of hydrogen-bond acceptors (Lipinski definition) is 0. The van der Waals surface area contributed by atoms with Crippen LogP contribution in [-0.4, -0.2) is 36.5 Å². The molecule has 0 saturated heterocycles. The number of halogens is 12. The van der Waals surface area contributed by atoms with Crippen molar-refractivity contribution in [2.24, 2.45) is 0 Å². The fraction of sp³-hybridized carbons (Fsp3) is 1.00. The standard InChI is InChI=1S/C6H2F12/c7-1(3(10,11)2(8)9)4(12,13)5(14,15)6(16,17)18/h1-2H. The van der Waals surface area contributed by atoms with E-state index in [-0.39, 0.29) is 0 Å². The molecule has 0 heterocycles. The summed E-state index contributed by atoms with van der Waals surface area (Å²) in [5, 5.41) is 0. The van der Waals surface area contributed by atoms with Gasteiger partial charge >= 0.3 is 30.4 Å². The summed E-state index contributed by atoms with van der Waals surface area (Å²) in [5.74, 6) is -20.6. The first kappa shape index (κ1) is 17.2. The highest BCUT2D eigenvalue weighted by molar-refractivity contribution is 5.01. The topological polar surface area (TPSA) is 0 Å². The van der Waals surface area contributed by atoms with Crippen LogP contribution in [0.15, 0.2) is 0 Å². The third-order valence-corrected chi connectivity index (χ3v) is 1.72. The predicted molar refractivity (Wildman–Crippen MR) is 31.8 cm³/mol. The average Bonchev–Trinajstić information content (AvgIpc) is 2.13. The van der Waals surface area contributed by atoms with Crippen molar-refractivity contribution in [1.29, 1.82) is 0 Å². The van der Waals surface area contributed by atoms with E-state index >= 15 is 0 Å². The van der Waals surface area contributed by atoms with Gasteiger partial charge in [0.15, 0.2) is 0 Å². The molecule has 0 amide bonds. The molecule has 1 unspecified atom stereocenters. The number of alkyl halides is 12. The van der Waals surface area contributed by atoms with E-state index in [0.29, 0.717) is 0 Å². The Kier molecular flexibility index (Phi) is 4.16. The monoisotopic (exact) mass is 302 g/mol. The molecule has 0 aromatic heterocycles. The Bertz CT molecular complexity index is 287. The van der Waals surface area contributed by atoms with Crippen LogP contribution in [0.4, 0.5) is 52.7 Å². The summed E-state index contributed by atoms with van der Waals surface area (Å²) >= 11 is 0. The van der Waals surface area contributed by atoms with E-state index in [2.05, 4.69) is 0 Å². The molecule has 0 radical (unpaired) electrons. The van der Waals surface area contributed by atoms with E-state index < -0.39 is 36.5 Å². The van der Waals surface area contributed by atoms with Crippen LogP contribution in [0.2, 0.25) is 0 Å². The third kappa shape index (κ3) is 2.46. The van der Waals surface area contributed by atoms with Gasteiger partial charge in [-0.25, -0.2) is 13.2 Å². The molecule has 1 atom stereocenters. The second-order valence-electron chi connectivity index (χ2n) is 3.03. The summed E-state index contributed by atoms with van der Waals surface area (Å²) in [4.78, 5) is 0. The molecule has 0 bridgehead atoms. The van der Waals surface area contributed by atoms with Crippen LogP contribution in [0, 0.1) is 0 Å². The van der Waals surface area contributed by atoms with Crippen LogP contribution in [0.5, 0.6) is 0 Å². The van der Waals surface area contributed by atoms with Gasteiger partial charge in [0.1, 0.15) is 0 Å². The summed E-state index contributed by atoms with van der Waals surface area (Å²) in [6.07, 6.45) is -18.0. The fourth-order valence-electron chi connectivity index (χ4n) is 0.700. The summed E-state index contributed by atoms with van der Waals surface area (Å²) < 4.78 is 142. The molecular formula is C6H2F12. The van der Waals surface area contributed by atoms with Gasteiger partial charge in [-0.05, 0) is 0 Å². The van der Waals surface area contributed by atoms with Crippen LogP contribution in [-0.2, 0) is 0 Å². The maximum absolute atomic E-state index is 12.3. The molecule has 0 aromatic rings. The first-order chi connectivity index (χ1) is 7.60. The summed E-state index contributed by atoms with van der Waals surface area (Å²) in [7, 11) is 0. The Morgan fingerprint density at radius 1 is 0.611 bits per heavy atom. The van der Waals surface area contributed by atoms with Crippen molar-refractivity contribution >= 4 is 0 Å². The third-order valence-electron chi connectivity index (χ3n) is 1.72. The second kappa shape index (κ2) is 4.37. The Labute approximate surface area is 90.6 Å². The van der Waals surface area contributed by atoms with Gasteiger partial charge in [0, 0.05) is 0 Å². The highest BCUT2D eigenvalue weighted by Gasteiger charge is 2.80. The van der Waals surface area contributed by atoms with E-state index in [1.165, 1.54) is 0 Å². The van der Waals surface area contributed by atoms with Gasteiger partial charge in [0.05, 0.1) is 0 Å². The number of hydrogen-bond donors (Lipinski definition) is 0. The van der Waals surface area contributed by atoms with E-state index in [1.54, 1.807) is 0 Å². The van der Waals surface area contributed by atoms with Crippen LogP contribution in [0.3, 0.4) is 0 Å². The minimum atomic E-state index is -7.22. The van der Waals surface area contributed by atoms with Crippen LogP contribution >= 0.6 is 0 Å². The van der Waals surface area contributed by atoms with Crippen molar-refractivity contribution in [3.8, 4) is 0 Å². The van der Waals surface area contributed by atoms with Crippen molar-refractivity contribution in [1.82, 2.24) is 0 Å². The number of rotatable bonds is 4. The van der Waals surface area contributed by atoms with Gasteiger partial charge in [-0.1, -0.05) is 0 Å². The molecule has 110 valence electrons. The molecule has 0 fully saturated rings. The predicted octanol–water partition coefficient (Wildman–Crippen LogP) is 4.06. The first-order valence-corrected chi connectivity index (χ1v) is 3.72. The normalized spacial score (nSPS) is 17.2. The Hall–Kier alpha value is -0.840. The lowest BCUT2D eigenvalue weighted by atomic mass is 10.0. The molecular weight excluding hydrogens is 300 g/mol. The Morgan fingerprint density at radius 2 is 0.944 bits per heavy atom. The van der Waals surface area contributed by atoms with Crippen molar-refractivity contribution in [3.63, 3.8) is 0 Å². The average molecular weight is 302 g/mol. The van der Waals surface area contributed by atoms with Gasteiger partial charge in [-0.15, -0.1) is 0 Å². The van der Waals surface area contributed by atoms with Crippen LogP contribution in [0.25, 0.3) is 0 Å². The zero-order chi connectivity index (χ0) is 15.2. The Morgan fingerprint density at radius 3 is 1.17 bits per heavy atom. The largest absolute Gasteiger partial charge is 0.459 e. The van der Waals surface area contributed by atoms with Crippen LogP contribution < -0.4 is 0 Å². The second-order valence-corrected chi connectivity index (χ2v) is 3.03. The van der Waals surface area contributed by atoms with Crippen molar-refractivity contribution < 1.29 is 52.7 Å². The molecule has 0 N–H and O–H groups in total. The van der Waals surface area contributed by atoms with Gasteiger partial charge in [0.25, 0.3) is 0 Å². The summed E-state index contributed by atoms with van der Waals surface area (Å²) in [6.45, 7) is 0. The zero-order valence-corrected chi connectivity index (χ0v) is 7.69. The fourth-order valence-corrected chi connectivity index (χ4v) is 0.700. The van der Waals surface area contributed by atoms with E-state index in [1.807, 2.05) is 0 Å². The molecule has 0 aliphatic heterocycles. The lowest BCUT2D eigenvalue weighted by molar-refractivity contribution is -0.382. The lowest BCUT2D eigenvalue weighted by Crippen LogP contribution is -2.62. The molecule has 0 saturated carbocycles. The molecule has 0 aliphatic rings. The maximum atomic E-state index is 12.3. The van der Waals surface area contributed by atoms with E-state index in [0.717, 1.165) is 0 Å². The first-order valence-electron chi connectivity index (χ1n) is 3.72. The minimum absolute atomic E-state index is 5.18. The van der Waals surface area contributed by atoms with Gasteiger partial charge < -0.3 is 0 Å². The molecule has 18 heavy (non-hydrogen) atoms. The molecule has 12 heteroatoms. The zero-order valence-electron chi connectivity index (χ0n) is 7.69. The smallest absolute Gasteiger partial charge is 0.234 e. The quantitative estimate of drug-likeness (QED) is 0.687. The molecule has 0 aromatic carbocycles. The van der Waals surface area contributed by atoms with Crippen molar-refractivity contribution in [3.05, 3.63) is 0 Å². The lowest BCUT2D eigenvalue weighted by Gasteiger charge is -2.33. The minimum Gasteiger partial charge on any atom is -0.234 e. The molecule has 0 aliphatic carbocycles.